The molecule has 2 aliphatic rings. The monoisotopic (exact) mass is 500 g/mol. The number of carbonyl (C=O) groups is 1. The number of rotatable bonds is 6. The van der Waals surface area contributed by atoms with Crippen LogP contribution in [0.25, 0.3) is 0 Å². The highest BCUT2D eigenvalue weighted by molar-refractivity contribution is 5.94. The van der Waals surface area contributed by atoms with E-state index in [1.54, 1.807) is 6.92 Å². The molecule has 4 rings (SSSR count). The molecular weight excluding hydrogens is 471 g/mol. The molecule has 36 heavy (non-hydrogen) atoms. The van der Waals surface area contributed by atoms with Gasteiger partial charge in [0, 0.05) is 26.0 Å². The number of amides is 1. The number of halogens is 1. The molecule has 0 aliphatic carbocycles. The Morgan fingerprint density at radius 2 is 2.14 bits per heavy atom. The first-order valence-corrected chi connectivity index (χ1v) is 11.5. The van der Waals surface area contributed by atoms with E-state index in [1.807, 2.05) is 0 Å². The number of aromatic nitrogens is 2. The Hall–Kier alpha value is -3.61. The normalized spacial score (nSPS) is 17.2. The summed E-state index contributed by atoms with van der Waals surface area (Å²) in [5.41, 5.74) is -0.391. The lowest BCUT2D eigenvalue weighted by Crippen LogP contribution is -2.43. The molecule has 3 heterocycles. The van der Waals surface area contributed by atoms with Gasteiger partial charge in [0.1, 0.15) is 11.6 Å². The summed E-state index contributed by atoms with van der Waals surface area (Å²) in [7, 11) is 0. The van der Waals surface area contributed by atoms with E-state index in [9.17, 15) is 19.1 Å². The number of anilines is 1. The smallest absolute Gasteiger partial charge is 0.296 e. The predicted molar refractivity (Wildman–Crippen MR) is 130 cm³/mol. The molecule has 0 saturated carbocycles. The van der Waals surface area contributed by atoms with Crippen molar-refractivity contribution in [2.75, 3.05) is 31.4 Å². The van der Waals surface area contributed by atoms with Gasteiger partial charge in [0.2, 0.25) is 5.75 Å². The van der Waals surface area contributed by atoms with Gasteiger partial charge in [-0.15, -0.1) is 0 Å². The van der Waals surface area contributed by atoms with Crippen LogP contribution in [-0.4, -0.2) is 53.7 Å². The van der Waals surface area contributed by atoms with Crippen LogP contribution < -0.4 is 21.7 Å². The van der Waals surface area contributed by atoms with Gasteiger partial charge in [-0.3, -0.25) is 24.2 Å². The van der Waals surface area contributed by atoms with E-state index in [-0.39, 0.29) is 18.8 Å². The number of aliphatic imine (C=N–C) groups is 1. The first-order valence-electron chi connectivity index (χ1n) is 11.5. The van der Waals surface area contributed by atoms with Gasteiger partial charge in [-0.1, -0.05) is 6.07 Å². The van der Waals surface area contributed by atoms with Crippen LogP contribution in [0, 0.1) is 5.82 Å². The van der Waals surface area contributed by atoms with Crippen molar-refractivity contribution in [3.63, 3.8) is 0 Å². The third-order valence-corrected chi connectivity index (χ3v) is 6.53. The van der Waals surface area contributed by atoms with Crippen molar-refractivity contribution in [2.45, 2.75) is 38.3 Å². The Balaban J connectivity index is 1.65. The quantitative estimate of drug-likeness (QED) is 0.306. The molecule has 0 bridgehead atoms. The van der Waals surface area contributed by atoms with Gasteiger partial charge in [-0.2, -0.15) is 0 Å². The van der Waals surface area contributed by atoms with Crippen molar-refractivity contribution >= 4 is 18.3 Å². The molecule has 192 valence electrons. The number of benzene rings is 1. The summed E-state index contributed by atoms with van der Waals surface area (Å²) >= 11 is 0. The molecule has 4 N–H and O–H groups in total. The summed E-state index contributed by atoms with van der Waals surface area (Å²) in [5, 5.41) is 14.5. The van der Waals surface area contributed by atoms with Gasteiger partial charge >= 0.3 is 0 Å². The largest absolute Gasteiger partial charge is 0.501 e. The lowest BCUT2D eigenvalue weighted by molar-refractivity contribution is 0.00413. The number of allylic oxidation sites excluding steroid dienone is 1. The van der Waals surface area contributed by atoms with Crippen molar-refractivity contribution < 1.29 is 23.8 Å². The third kappa shape index (κ3) is 4.87. The molecular formula is C24H29FN6O5. The summed E-state index contributed by atoms with van der Waals surface area (Å²) in [4.78, 5) is 34.3. The number of fused-ring (bicyclic) bond motifs is 2. The second-order valence-electron chi connectivity index (χ2n) is 8.81. The fourth-order valence-corrected chi connectivity index (χ4v) is 4.49. The maximum atomic E-state index is 14.0. The van der Waals surface area contributed by atoms with E-state index < -0.39 is 28.4 Å². The molecule has 1 spiro atoms. The van der Waals surface area contributed by atoms with Gasteiger partial charge in [0.05, 0.1) is 36.6 Å². The zero-order chi connectivity index (χ0) is 25.9. The van der Waals surface area contributed by atoms with Gasteiger partial charge in [-0.25, -0.2) is 15.2 Å². The minimum absolute atomic E-state index is 0.0709. The van der Waals surface area contributed by atoms with E-state index in [0.717, 1.165) is 0 Å². The first-order chi connectivity index (χ1) is 17.3. The molecule has 0 radical (unpaired) electrons. The fourth-order valence-electron chi connectivity index (χ4n) is 4.49. The molecule has 12 heteroatoms. The van der Waals surface area contributed by atoms with Gasteiger partial charge in [0.15, 0.2) is 5.69 Å². The Bertz CT molecular complexity index is 1250. The molecule has 11 nitrogen and oxygen atoms in total. The molecule has 1 amide bonds. The first kappa shape index (κ1) is 25.5. The highest BCUT2D eigenvalue weighted by Crippen LogP contribution is 2.35. The predicted octanol–water partition coefficient (Wildman–Crippen LogP) is 1.34. The highest BCUT2D eigenvalue weighted by atomic mass is 19.1. The number of carbonyl (C=O) groups excluding carboxylic acids is 1. The number of hydrogen-bond acceptors (Lipinski definition) is 9. The number of nitrogens with two attached hydrogens (primary N) is 1. The fraction of sp³-hybridized carbons (Fsp3) is 0.417. The van der Waals surface area contributed by atoms with Crippen LogP contribution >= 0.6 is 0 Å². The number of nitrogens with one attached hydrogen (secondary N) is 1. The van der Waals surface area contributed by atoms with Crippen LogP contribution in [0.1, 0.15) is 41.6 Å². The van der Waals surface area contributed by atoms with E-state index in [2.05, 4.69) is 22.0 Å². The molecule has 2 aliphatic heterocycles. The zero-order valence-corrected chi connectivity index (χ0v) is 20.0. The van der Waals surface area contributed by atoms with Crippen LogP contribution in [0.5, 0.6) is 5.75 Å². The highest BCUT2D eigenvalue weighted by Gasteiger charge is 2.41. The van der Waals surface area contributed by atoms with E-state index in [1.165, 1.54) is 34.0 Å². The summed E-state index contributed by atoms with van der Waals surface area (Å²) in [6.07, 6.45) is 2.56. The van der Waals surface area contributed by atoms with Crippen LogP contribution in [0.3, 0.4) is 0 Å². The van der Waals surface area contributed by atoms with Crippen LogP contribution in [0.2, 0.25) is 0 Å². The minimum atomic E-state index is -0.751. The molecule has 1 saturated heterocycles. The lowest BCUT2D eigenvalue weighted by atomic mass is 9.80. The number of nitrogens with zero attached hydrogens (tertiary/aromatic N) is 4. The number of aromatic hydroxyl groups is 1. The van der Waals surface area contributed by atoms with Crippen molar-refractivity contribution in [2.24, 2.45) is 10.8 Å². The van der Waals surface area contributed by atoms with E-state index in [4.69, 9.17) is 15.3 Å². The number of hydrazine groups is 1. The average molecular weight is 501 g/mol. The molecule has 1 aromatic carbocycles. The molecule has 1 aromatic heterocycles. The molecule has 0 unspecified atom stereocenters. The van der Waals surface area contributed by atoms with Crippen molar-refractivity contribution in [1.29, 1.82) is 0 Å². The maximum Gasteiger partial charge on any atom is 0.296 e. The summed E-state index contributed by atoms with van der Waals surface area (Å²) in [6.45, 7) is 6.77. The Morgan fingerprint density at radius 1 is 1.39 bits per heavy atom. The van der Waals surface area contributed by atoms with Gasteiger partial charge in [0.25, 0.3) is 11.5 Å². The average Bonchev–Trinajstić information content (AvgIpc) is 3.04. The second kappa shape index (κ2) is 10.6. The number of ether oxygens (including phenoxy) is 2. The molecule has 0 atom stereocenters. The van der Waals surface area contributed by atoms with Crippen LogP contribution in [0.15, 0.2) is 39.9 Å². The van der Waals surface area contributed by atoms with Crippen molar-refractivity contribution in [1.82, 2.24) is 14.9 Å². The van der Waals surface area contributed by atoms with Gasteiger partial charge < -0.3 is 19.9 Å². The van der Waals surface area contributed by atoms with Crippen molar-refractivity contribution in [3.05, 3.63) is 63.3 Å². The summed E-state index contributed by atoms with van der Waals surface area (Å²) < 4.78 is 26.6. The SMILES string of the molecule is C=N/C=C(/C)N(N)c1cc(F)ccc1CNC(=O)c1nc2n(c(=O)c1O)CCOCC21CCOCC1. The summed E-state index contributed by atoms with van der Waals surface area (Å²) in [6, 6.07) is 3.94. The topological polar surface area (TPSA) is 144 Å². The zero-order valence-electron chi connectivity index (χ0n) is 20.0. The van der Waals surface area contributed by atoms with Crippen LogP contribution in [-0.2, 0) is 28.0 Å². The van der Waals surface area contributed by atoms with E-state index in [0.29, 0.717) is 62.0 Å². The van der Waals surface area contributed by atoms with Crippen molar-refractivity contribution in [3.8, 4) is 5.75 Å². The minimum Gasteiger partial charge on any atom is -0.501 e. The van der Waals surface area contributed by atoms with Crippen LogP contribution in [0.4, 0.5) is 10.1 Å². The Kier molecular flexibility index (Phi) is 7.48. The molecule has 2 aromatic rings. The maximum absolute atomic E-state index is 14.0. The summed E-state index contributed by atoms with van der Waals surface area (Å²) in [5.74, 6) is 4.51. The Morgan fingerprint density at radius 3 is 2.86 bits per heavy atom. The third-order valence-electron chi connectivity index (χ3n) is 6.53. The second-order valence-corrected chi connectivity index (χ2v) is 8.81. The lowest BCUT2D eigenvalue weighted by Gasteiger charge is -2.35. The number of hydrogen-bond donors (Lipinski definition) is 3. The molecule has 1 fully saturated rings. The Labute approximate surface area is 207 Å². The standard InChI is InChI=1S/C24H29FN6O5/c1-15(12-27-2)31(26)18-11-17(25)4-3-16(18)13-28-21(33)19-20(32)22(34)30-7-10-36-14-24(23(30)29-19)5-8-35-9-6-24/h3-4,11-12,32H,2,5-10,13-14,26H2,1H3,(H,28,33)/b15-12-. The van der Waals surface area contributed by atoms with Gasteiger partial charge in [-0.05, 0) is 44.2 Å². The van der Waals surface area contributed by atoms with E-state index >= 15 is 0 Å².